The zero-order valence-corrected chi connectivity index (χ0v) is 19.9. The number of nitrogens with zero attached hydrogens (tertiary/aromatic N) is 1. The van der Waals surface area contributed by atoms with E-state index in [1.807, 2.05) is 54.6 Å². The van der Waals surface area contributed by atoms with Gasteiger partial charge in [0.2, 0.25) is 0 Å². The molecular weight excluding hydrogens is 480 g/mol. The van der Waals surface area contributed by atoms with Gasteiger partial charge in [-0.15, -0.1) is 11.3 Å². The fraction of sp³-hybridized carbons (Fsp3) is 0. The van der Waals surface area contributed by atoms with Crippen LogP contribution in [0, 0.1) is 0 Å². The summed E-state index contributed by atoms with van der Waals surface area (Å²) in [6, 6.07) is 27.3. The molecular formula is C26H20N4O3S2. The van der Waals surface area contributed by atoms with Crippen molar-refractivity contribution in [2.45, 2.75) is 4.21 Å². The maximum absolute atomic E-state index is 12.9. The van der Waals surface area contributed by atoms with Crippen molar-refractivity contribution in [3.63, 3.8) is 0 Å². The van der Waals surface area contributed by atoms with Crippen molar-refractivity contribution < 1.29 is 13.2 Å². The lowest BCUT2D eigenvalue weighted by Crippen LogP contribution is -2.21. The van der Waals surface area contributed by atoms with Gasteiger partial charge in [-0.1, -0.05) is 66.7 Å². The highest BCUT2D eigenvalue weighted by Gasteiger charge is 2.19. The third-order valence-corrected chi connectivity index (χ3v) is 8.11. The first-order valence-electron chi connectivity index (χ1n) is 10.7. The van der Waals surface area contributed by atoms with Gasteiger partial charge in [0.1, 0.15) is 4.21 Å². The van der Waals surface area contributed by atoms with Gasteiger partial charge in [0.05, 0.1) is 23.2 Å². The highest BCUT2D eigenvalue weighted by molar-refractivity contribution is 7.94. The van der Waals surface area contributed by atoms with Crippen LogP contribution in [-0.4, -0.2) is 25.5 Å². The summed E-state index contributed by atoms with van der Waals surface area (Å²) in [4.78, 5) is 16.3. The Morgan fingerprint density at radius 3 is 2.43 bits per heavy atom. The van der Waals surface area contributed by atoms with Crippen LogP contribution in [0.15, 0.2) is 106 Å². The number of hydrazone groups is 1. The number of hydrogen-bond donors (Lipinski definition) is 3. The van der Waals surface area contributed by atoms with Crippen LogP contribution in [0.5, 0.6) is 0 Å². The number of benzene rings is 3. The fourth-order valence-electron chi connectivity index (χ4n) is 3.73. The number of carbonyl (C=O) groups excluding carboxylic acids is 1. The molecule has 0 bridgehead atoms. The average molecular weight is 501 g/mol. The fourth-order valence-corrected chi connectivity index (χ4v) is 5.80. The summed E-state index contributed by atoms with van der Waals surface area (Å²) in [5.41, 5.74) is 6.51. The number of para-hydroxylation sites is 2. The standard InChI is InChI=1S/C26H20N4O3S2/c31-26(20-12-5-7-14-23(20)30-35(32,33)24-15-8-16-34-24)29-27-17-21-19-11-4-6-13-22(19)28-25(21)18-9-2-1-3-10-18/h1-17,28,30H,(H,29,31)/b27-17+. The number of aromatic nitrogens is 1. The number of amides is 1. The Hall–Kier alpha value is -4.21. The van der Waals surface area contributed by atoms with E-state index in [1.54, 1.807) is 29.8 Å². The van der Waals surface area contributed by atoms with E-state index in [0.717, 1.165) is 39.1 Å². The summed E-state index contributed by atoms with van der Waals surface area (Å²) in [7, 11) is -3.80. The van der Waals surface area contributed by atoms with Crippen LogP contribution >= 0.6 is 11.3 Å². The Morgan fingerprint density at radius 2 is 1.63 bits per heavy atom. The van der Waals surface area contributed by atoms with Crippen molar-refractivity contribution >= 4 is 50.1 Å². The number of sulfonamides is 1. The quantitative estimate of drug-likeness (QED) is 0.204. The Bertz CT molecular complexity index is 1620. The largest absolute Gasteiger partial charge is 0.354 e. The monoisotopic (exact) mass is 500 g/mol. The van der Waals surface area contributed by atoms with E-state index >= 15 is 0 Å². The van der Waals surface area contributed by atoms with Crippen molar-refractivity contribution in [3.8, 4) is 11.3 Å². The molecule has 0 spiro atoms. The second kappa shape index (κ2) is 9.57. The van der Waals surface area contributed by atoms with Crippen molar-refractivity contribution in [2.75, 3.05) is 4.72 Å². The molecule has 3 aromatic carbocycles. The average Bonchev–Trinajstić information content (AvgIpc) is 3.54. The second-order valence-corrected chi connectivity index (χ2v) is 10.5. The van der Waals surface area contributed by atoms with Crippen LogP contribution in [0.4, 0.5) is 5.69 Å². The lowest BCUT2D eigenvalue weighted by Gasteiger charge is -2.10. The van der Waals surface area contributed by atoms with Crippen LogP contribution in [0.2, 0.25) is 0 Å². The van der Waals surface area contributed by atoms with Crippen molar-refractivity contribution in [1.82, 2.24) is 10.4 Å². The zero-order chi connectivity index (χ0) is 24.3. The minimum Gasteiger partial charge on any atom is -0.354 e. The lowest BCUT2D eigenvalue weighted by atomic mass is 10.1. The molecule has 0 unspecified atom stereocenters. The van der Waals surface area contributed by atoms with Crippen molar-refractivity contribution in [3.05, 3.63) is 108 Å². The lowest BCUT2D eigenvalue weighted by molar-refractivity contribution is 0.0956. The predicted molar refractivity (Wildman–Crippen MR) is 140 cm³/mol. The van der Waals surface area contributed by atoms with E-state index in [-0.39, 0.29) is 15.5 Å². The highest BCUT2D eigenvalue weighted by Crippen LogP contribution is 2.29. The van der Waals surface area contributed by atoms with Crippen LogP contribution < -0.4 is 10.1 Å². The van der Waals surface area contributed by atoms with E-state index in [9.17, 15) is 13.2 Å². The number of nitrogens with one attached hydrogen (secondary N) is 3. The Morgan fingerprint density at radius 1 is 0.886 bits per heavy atom. The number of rotatable bonds is 7. The SMILES string of the molecule is O=C(N/N=C/c1c(-c2ccccc2)[nH]c2ccccc12)c1ccccc1NS(=O)(=O)c1cccs1. The molecule has 0 aliphatic rings. The molecule has 0 aliphatic heterocycles. The predicted octanol–water partition coefficient (Wildman–Crippen LogP) is 5.46. The second-order valence-electron chi connectivity index (χ2n) is 7.61. The van der Waals surface area contributed by atoms with Crippen molar-refractivity contribution in [1.29, 1.82) is 0 Å². The summed E-state index contributed by atoms with van der Waals surface area (Å²) in [6.07, 6.45) is 1.59. The van der Waals surface area contributed by atoms with Gasteiger partial charge in [-0.05, 0) is 35.2 Å². The van der Waals surface area contributed by atoms with Gasteiger partial charge in [0.15, 0.2) is 0 Å². The maximum Gasteiger partial charge on any atom is 0.273 e. The van der Waals surface area contributed by atoms with E-state index in [0.29, 0.717) is 0 Å². The number of carbonyl (C=O) groups is 1. The highest BCUT2D eigenvalue weighted by atomic mass is 32.2. The maximum atomic E-state index is 12.9. The van der Waals surface area contributed by atoms with Crippen molar-refractivity contribution in [2.24, 2.45) is 5.10 Å². The molecule has 9 heteroatoms. The molecule has 35 heavy (non-hydrogen) atoms. The topological polar surface area (TPSA) is 103 Å². The van der Waals surface area contributed by atoms with Gasteiger partial charge >= 0.3 is 0 Å². The molecule has 0 saturated heterocycles. The molecule has 0 fully saturated rings. The number of aromatic amines is 1. The van der Waals surface area contributed by atoms with Gasteiger partial charge in [-0.2, -0.15) is 5.10 Å². The Kier molecular flexibility index (Phi) is 6.17. The number of H-pyrrole nitrogens is 1. The van der Waals surface area contributed by atoms with Gasteiger partial charge in [-0.3, -0.25) is 9.52 Å². The summed E-state index contributed by atoms with van der Waals surface area (Å²) in [5, 5.41) is 6.84. The van der Waals surface area contributed by atoms with Gasteiger partial charge < -0.3 is 4.98 Å². The van der Waals surface area contributed by atoms with Gasteiger partial charge in [0.25, 0.3) is 15.9 Å². The minimum atomic E-state index is -3.80. The van der Waals surface area contributed by atoms with Crippen LogP contribution in [-0.2, 0) is 10.0 Å². The van der Waals surface area contributed by atoms with Crippen LogP contribution in [0.25, 0.3) is 22.2 Å². The van der Waals surface area contributed by atoms with E-state index < -0.39 is 15.9 Å². The molecule has 5 rings (SSSR count). The summed E-state index contributed by atoms with van der Waals surface area (Å²) >= 11 is 1.10. The molecule has 2 heterocycles. The molecule has 0 aliphatic carbocycles. The number of thiophene rings is 1. The first kappa shape index (κ1) is 22.6. The molecule has 0 radical (unpaired) electrons. The molecule has 2 aromatic heterocycles. The molecule has 1 amide bonds. The molecule has 7 nitrogen and oxygen atoms in total. The van der Waals surface area contributed by atoms with Crippen LogP contribution in [0.3, 0.4) is 0 Å². The smallest absolute Gasteiger partial charge is 0.273 e. The first-order valence-corrected chi connectivity index (χ1v) is 13.0. The normalized spacial score (nSPS) is 11.7. The van der Waals surface area contributed by atoms with E-state index in [2.05, 4.69) is 20.2 Å². The van der Waals surface area contributed by atoms with Crippen LogP contribution in [0.1, 0.15) is 15.9 Å². The molecule has 0 saturated carbocycles. The van der Waals surface area contributed by atoms with E-state index in [1.165, 1.54) is 18.2 Å². The number of anilines is 1. The molecule has 0 atom stereocenters. The first-order chi connectivity index (χ1) is 17.0. The minimum absolute atomic E-state index is 0.159. The third-order valence-electron chi connectivity index (χ3n) is 5.34. The zero-order valence-electron chi connectivity index (χ0n) is 18.3. The van der Waals surface area contributed by atoms with E-state index in [4.69, 9.17) is 0 Å². The van der Waals surface area contributed by atoms with Gasteiger partial charge in [-0.25, -0.2) is 13.8 Å². The summed E-state index contributed by atoms with van der Waals surface area (Å²) in [5.74, 6) is -0.535. The third kappa shape index (κ3) is 4.72. The Balaban J connectivity index is 1.42. The Labute approximate surface area is 206 Å². The van der Waals surface area contributed by atoms with Gasteiger partial charge in [0, 0.05) is 16.5 Å². The number of fused-ring (bicyclic) bond motifs is 1. The molecule has 174 valence electrons. The number of hydrogen-bond acceptors (Lipinski definition) is 5. The summed E-state index contributed by atoms with van der Waals surface area (Å²) in [6.45, 7) is 0. The molecule has 5 aromatic rings. The summed E-state index contributed by atoms with van der Waals surface area (Å²) < 4.78 is 27.9. The molecule has 3 N–H and O–H groups in total.